The summed E-state index contributed by atoms with van der Waals surface area (Å²) in [6, 6.07) is 0. The summed E-state index contributed by atoms with van der Waals surface area (Å²) in [7, 11) is 0. The molecule has 2 atom stereocenters. The summed E-state index contributed by atoms with van der Waals surface area (Å²) < 4.78 is 5.19. The van der Waals surface area contributed by atoms with E-state index in [0.717, 1.165) is 24.2 Å². The molecule has 0 spiro atoms. The van der Waals surface area contributed by atoms with Gasteiger partial charge in [-0.1, -0.05) is 39.0 Å². The second-order valence-corrected chi connectivity index (χ2v) is 10.6. The minimum atomic E-state index is -0.889. The van der Waals surface area contributed by atoms with Crippen LogP contribution in [-0.4, -0.2) is 18.4 Å². The first-order chi connectivity index (χ1) is 14.0. The van der Waals surface area contributed by atoms with Crippen molar-refractivity contribution in [2.75, 3.05) is 6.61 Å². The molecule has 3 saturated carbocycles. The SMILES string of the molecule is CCCCC1CCC(C2CCC(C3CC[C@](C)(C(=O)OCC)C(=O)C3)CC2)CC1. The van der Waals surface area contributed by atoms with Crippen LogP contribution in [-0.2, 0) is 14.3 Å². The topological polar surface area (TPSA) is 43.4 Å². The molecule has 3 fully saturated rings. The van der Waals surface area contributed by atoms with Crippen molar-refractivity contribution < 1.29 is 14.3 Å². The van der Waals surface area contributed by atoms with E-state index in [1.54, 1.807) is 6.92 Å². The Kier molecular flexibility index (Phi) is 8.22. The van der Waals surface area contributed by atoms with E-state index in [1.807, 2.05) is 6.92 Å². The number of ketones is 1. The van der Waals surface area contributed by atoms with Crippen LogP contribution >= 0.6 is 0 Å². The van der Waals surface area contributed by atoms with E-state index in [-0.39, 0.29) is 11.8 Å². The summed E-state index contributed by atoms with van der Waals surface area (Å²) in [5.41, 5.74) is -0.889. The van der Waals surface area contributed by atoms with E-state index in [0.29, 0.717) is 31.3 Å². The standard InChI is InChI=1S/C26H44O3/c1-4-6-7-19-8-10-20(11-9-19)21-12-14-22(15-13-21)23-16-17-26(3,24(27)18-23)25(28)29-5-2/h19-23H,4-18H2,1-3H3/t19?,20?,21?,22?,23?,26-/m0/s1. The molecule has 0 bridgehead atoms. The van der Waals surface area contributed by atoms with Gasteiger partial charge in [0.2, 0.25) is 0 Å². The van der Waals surface area contributed by atoms with Gasteiger partial charge in [0, 0.05) is 6.42 Å². The summed E-state index contributed by atoms with van der Waals surface area (Å²) in [6.45, 7) is 6.28. The molecule has 0 N–H and O–H groups in total. The number of rotatable bonds is 7. The van der Waals surface area contributed by atoms with Crippen LogP contribution in [0.15, 0.2) is 0 Å². The molecule has 3 rings (SSSR count). The zero-order valence-corrected chi connectivity index (χ0v) is 19.2. The summed E-state index contributed by atoms with van der Waals surface area (Å²) in [5.74, 6) is 3.92. The maximum absolute atomic E-state index is 12.8. The molecule has 0 aliphatic heterocycles. The lowest BCUT2D eigenvalue weighted by molar-refractivity contribution is -0.162. The van der Waals surface area contributed by atoms with Crippen LogP contribution in [0.2, 0.25) is 0 Å². The number of esters is 1. The predicted octanol–water partition coefficient (Wildman–Crippen LogP) is 6.73. The minimum Gasteiger partial charge on any atom is -0.465 e. The predicted molar refractivity (Wildman–Crippen MR) is 118 cm³/mol. The van der Waals surface area contributed by atoms with Crippen molar-refractivity contribution in [2.24, 2.45) is 35.0 Å². The number of ether oxygens (including phenoxy) is 1. The van der Waals surface area contributed by atoms with Crippen molar-refractivity contribution in [1.29, 1.82) is 0 Å². The van der Waals surface area contributed by atoms with Crippen LogP contribution in [0.25, 0.3) is 0 Å². The van der Waals surface area contributed by atoms with Crippen LogP contribution in [0.4, 0.5) is 0 Å². The summed E-state index contributed by atoms with van der Waals surface area (Å²) in [5, 5.41) is 0. The second kappa shape index (κ2) is 10.4. The van der Waals surface area contributed by atoms with Crippen LogP contribution in [0.3, 0.4) is 0 Å². The highest BCUT2D eigenvalue weighted by Crippen LogP contribution is 2.47. The Morgan fingerprint density at radius 1 is 0.897 bits per heavy atom. The fourth-order valence-electron chi connectivity index (χ4n) is 6.62. The average Bonchev–Trinajstić information content (AvgIpc) is 2.75. The van der Waals surface area contributed by atoms with Crippen molar-refractivity contribution in [3.05, 3.63) is 0 Å². The van der Waals surface area contributed by atoms with Crippen molar-refractivity contribution in [2.45, 2.75) is 111 Å². The van der Waals surface area contributed by atoms with Gasteiger partial charge in [-0.3, -0.25) is 9.59 Å². The van der Waals surface area contributed by atoms with Gasteiger partial charge in [0.25, 0.3) is 0 Å². The minimum absolute atomic E-state index is 0.125. The highest BCUT2D eigenvalue weighted by atomic mass is 16.5. The number of carbonyl (C=O) groups is 2. The highest BCUT2D eigenvalue weighted by Gasteiger charge is 2.47. The summed E-state index contributed by atoms with van der Waals surface area (Å²) >= 11 is 0. The molecule has 1 unspecified atom stereocenters. The molecule has 166 valence electrons. The van der Waals surface area contributed by atoms with Gasteiger partial charge in [0.1, 0.15) is 11.2 Å². The smallest absolute Gasteiger partial charge is 0.319 e. The molecule has 0 amide bonds. The van der Waals surface area contributed by atoms with E-state index >= 15 is 0 Å². The zero-order chi connectivity index (χ0) is 20.9. The number of hydrogen-bond donors (Lipinski definition) is 0. The van der Waals surface area contributed by atoms with Crippen molar-refractivity contribution >= 4 is 11.8 Å². The Hall–Kier alpha value is -0.860. The molecule has 0 radical (unpaired) electrons. The van der Waals surface area contributed by atoms with Crippen molar-refractivity contribution in [3.63, 3.8) is 0 Å². The lowest BCUT2D eigenvalue weighted by Crippen LogP contribution is -2.44. The van der Waals surface area contributed by atoms with E-state index < -0.39 is 5.41 Å². The van der Waals surface area contributed by atoms with Gasteiger partial charge in [-0.2, -0.15) is 0 Å². The van der Waals surface area contributed by atoms with E-state index in [2.05, 4.69) is 6.92 Å². The number of hydrogen-bond acceptors (Lipinski definition) is 3. The first kappa shape index (κ1) is 22.8. The fourth-order valence-corrected chi connectivity index (χ4v) is 6.62. The Morgan fingerprint density at radius 2 is 1.45 bits per heavy atom. The molecule has 0 aromatic heterocycles. The van der Waals surface area contributed by atoms with Gasteiger partial charge in [0.05, 0.1) is 6.61 Å². The number of unbranched alkanes of at least 4 members (excludes halogenated alkanes) is 1. The molecule has 3 aliphatic rings. The van der Waals surface area contributed by atoms with Gasteiger partial charge in [-0.25, -0.2) is 0 Å². The lowest BCUT2D eigenvalue weighted by atomic mass is 9.62. The average molecular weight is 405 g/mol. The van der Waals surface area contributed by atoms with Crippen LogP contribution in [0.1, 0.15) is 111 Å². The van der Waals surface area contributed by atoms with E-state index in [4.69, 9.17) is 4.74 Å². The lowest BCUT2D eigenvalue weighted by Gasteiger charge is -2.42. The summed E-state index contributed by atoms with van der Waals surface area (Å²) in [6.07, 6.45) is 17.7. The van der Waals surface area contributed by atoms with Gasteiger partial charge < -0.3 is 4.74 Å². The molecular formula is C26H44O3. The normalized spacial score (nSPS) is 38.6. The fraction of sp³-hybridized carbons (Fsp3) is 0.923. The number of Topliss-reactive ketones (excluding diaryl/α,β-unsaturated/α-hetero) is 1. The van der Waals surface area contributed by atoms with Crippen LogP contribution in [0.5, 0.6) is 0 Å². The maximum atomic E-state index is 12.8. The molecular weight excluding hydrogens is 360 g/mol. The first-order valence-electron chi connectivity index (χ1n) is 12.7. The zero-order valence-electron chi connectivity index (χ0n) is 19.2. The highest BCUT2D eigenvalue weighted by molar-refractivity contribution is 6.03. The third kappa shape index (κ3) is 5.44. The number of carbonyl (C=O) groups excluding carboxylic acids is 2. The molecule has 0 heterocycles. The second-order valence-electron chi connectivity index (χ2n) is 10.6. The Morgan fingerprint density at radius 3 is 1.97 bits per heavy atom. The van der Waals surface area contributed by atoms with Crippen molar-refractivity contribution in [1.82, 2.24) is 0 Å². The van der Waals surface area contributed by atoms with E-state index in [9.17, 15) is 9.59 Å². The Bertz CT molecular complexity index is 540. The van der Waals surface area contributed by atoms with Crippen LogP contribution < -0.4 is 0 Å². The molecule has 29 heavy (non-hydrogen) atoms. The Balaban J connectivity index is 1.42. The third-order valence-corrected chi connectivity index (χ3v) is 8.81. The molecule has 3 nitrogen and oxygen atoms in total. The quantitative estimate of drug-likeness (QED) is 0.349. The van der Waals surface area contributed by atoms with Gasteiger partial charge in [-0.05, 0) is 94.8 Å². The molecule has 3 heteroatoms. The first-order valence-corrected chi connectivity index (χ1v) is 12.7. The molecule has 0 aromatic rings. The molecule has 0 saturated heterocycles. The molecule has 3 aliphatic carbocycles. The Labute approximate surface area is 178 Å². The van der Waals surface area contributed by atoms with Crippen LogP contribution in [0, 0.1) is 35.0 Å². The van der Waals surface area contributed by atoms with Crippen molar-refractivity contribution in [3.8, 4) is 0 Å². The maximum Gasteiger partial charge on any atom is 0.319 e. The third-order valence-electron chi connectivity index (χ3n) is 8.81. The monoisotopic (exact) mass is 404 g/mol. The van der Waals surface area contributed by atoms with E-state index in [1.165, 1.54) is 70.6 Å². The largest absolute Gasteiger partial charge is 0.465 e. The molecule has 0 aromatic carbocycles. The van der Waals surface area contributed by atoms with Gasteiger partial charge in [-0.15, -0.1) is 0 Å². The van der Waals surface area contributed by atoms with Gasteiger partial charge >= 0.3 is 5.97 Å². The summed E-state index contributed by atoms with van der Waals surface area (Å²) in [4.78, 5) is 25.1. The van der Waals surface area contributed by atoms with Gasteiger partial charge in [0.15, 0.2) is 0 Å².